The summed E-state index contributed by atoms with van der Waals surface area (Å²) >= 11 is 5.55. The number of amides is 5. The van der Waals surface area contributed by atoms with E-state index in [-0.39, 0.29) is 29.5 Å². The topological polar surface area (TPSA) is 181 Å². The molecule has 3 aromatic carbocycles. The number of halogens is 1. The van der Waals surface area contributed by atoms with Gasteiger partial charge >= 0.3 is 0 Å². The van der Waals surface area contributed by atoms with Crippen molar-refractivity contribution in [1.82, 2.24) is 15.5 Å². The van der Waals surface area contributed by atoms with E-state index in [9.17, 15) is 24.0 Å². The average molecular weight is 743 g/mol. The first-order valence-corrected chi connectivity index (χ1v) is 18.5. The molecule has 13 heteroatoms. The molecule has 3 aromatic rings. The minimum Gasteiger partial charge on any atom is -0.508 e. The number of aryl methyl sites for hydroxylation is 1. The van der Waals surface area contributed by atoms with Gasteiger partial charge in [-0.1, -0.05) is 43.7 Å². The Morgan fingerprint density at radius 1 is 0.925 bits per heavy atom. The number of hydrogen-bond donors (Lipinski definition) is 5. The Labute approximate surface area is 315 Å². The standard InChI is InChI=1S/C33H43N5O5.C7H4ClNO/c1-23-21-27(15-16-28(23)33(43)38(22-39)29-17-18-30(40)37-32(29)42)35-20-8-3-2-7-19-34-25-13-11-24(12-14-25)31(41)36-26-9-5-4-6-10-26;8-7-3-6(10)2-1-5(7)4-9/h11-16,21-22,26,29,34-35H,2-10,17-20H2,1H3,(H,36,41)(H,37,40,42);1-3,10H. The summed E-state index contributed by atoms with van der Waals surface area (Å²) in [6.07, 6.45) is 10.6. The van der Waals surface area contributed by atoms with Crippen molar-refractivity contribution in [2.45, 2.75) is 89.6 Å². The van der Waals surface area contributed by atoms with Crippen molar-refractivity contribution in [3.8, 4) is 11.8 Å². The third-order valence-corrected chi connectivity index (χ3v) is 9.59. The van der Waals surface area contributed by atoms with Crippen LogP contribution >= 0.6 is 11.6 Å². The molecule has 0 spiro atoms. The van der Waals surface area contributed by atoms with Crippen LogP contribution in [-0.2, 0) is 14.4 Å². The molecule has 2 aliphatic rings. The molecule has 1 aliphatic heterocycles. The number of unbranched alkanes of at least 4 members (excludes halogenated alkanes) is 3. The first-order valence-electron chi connectivity index (χ1n) is 18.1. The minimum absolute atomic E-state index is 0.0148. The van der Waals surface area contributed by atoms with E-state index in [1.807, 2.05) is 36.4 Å². The van der Waals surface area contributed by atoms with E-state index >= 15 is 0 Å². The SMILES string of the molecule is Cc1cc(NCCCCCCNc2ccc(C(=O)NC3CCCCC3)cc2)ccc1C(=O)N(C=O)C1CCC(=O)NC1=O.N#Cc1ccc(O)cc1Cl. The van der Waals surface area contributed by atoms with Crippen molar-refractivity contribution in [3.05, 3.63) is 87.9 Å². The lowest BCUT2D eigenvalue weighted by Gasteiger charge is -2.28. The van der Waals surface area contributed by atoms with Gasteiger partial charge in [-0.05, 0) is 105 Å². The summed E-state index contributed by atoms with van der Waals surface area (Å²) < 4.78 is 0. The van der Waals surface area contributed by atoms with Gasteiger partial charge in [-0.2, -0.15) is 5.26 Å². The Morgan fingerprint density at radius 2 is 1.58 bits per heavy atom. The molecular formula is C40H47ClN6O6. The number of nitrogens with zero attached hydrogens (tertiary/aromatic N) is 2. The number of nitrogens with one attached hydrogen (secondary N) is 4. The normalized spacial score (nSPS) is 15.5. The summed E-state index contributed by atoms with van der Waals surface area (Å²) in [4.78, 5) is 61.6. The maximum Gasteiger partial charge on any atom is 0.261 e. The molecule has 5 amide bonds. The Balaban J connectivity index is 0.000000541. The van der Waals surface area contributed by atoms with Crippen LogP contribution in [0.5, 0.6) is 5.75 Å². The number of piperidine rings is 1. The zero-order chi connectivity index (χ0) is 38.2. The molecule has 1 saturated carbocycles. The summed E-state index contributed by atoms with van der Waals surface area (Å²) in [5.74, 6) is -1.50. The van der Waals surface area contributed by atoms with Crippen molar-refractivity contribution >= 4 is 53.0 Å². The zero-order valence-electron chi connectivity index (χ0n) is 30.0. The van der Waals surface area contributed by atoms with Gasteiger partial charge in [0.2, 0.25) is 18.2 Å². The zero-order valence-corrected chi connectivity index (χ0v) is 30.7. The van der Waals surface area contributed by atoms with E-state index in [0.717, 1.165) is 67.9 Å². The van der Waals surface area contributed by atoms with E-state index in [4.69, 9.17) is 22.0 Å². The van der Waals surface area contributed by atoms with E-state index in [1.165, 1.54) is 37.5 Å². The second kappa shape index (κ2) is 20.6. The van der Waals surface area contributed by atoms with Gasteiger partial charge in [0.25, 0.3) is 11.8 Å². The fourth-order valence-electron chi connectivity index (χ4n) is 6.28. The van der Waals surface area contributed by atoms with Gasteiger partial charge in [-0.3, -0.25) is 34.2 Å². The van der Waals surface area contributed by atoms with E-state index in [1.54, 1.807) is 19.1 Å². The molecule has 1 unspecified atom stereocenters. The lowest BCUT2D eigenvalue weighted by atomic mass is 9.95. The summed E-state index contributed by atoms with van der Waals surface area (Å²) in [6.45, 7) is 3.45. The lowest BCUT2D eigenvalue weighted by Crippen LogP contribution is -2.53. The molecule has 53 heavy (non-hydrogen) atoms. The molecule has 2 fully saturated rings. The molecular weight excluding hydrogens is 696 g/mol. The van der Waals surface area contributed by atoms with Crippen LogP contribution in [0.25, 0.3) is 0 Å². The van der Waals surface area contributed by atoms with Crippen molar-refractivity contribution < 1.29 is 29.1 Å². The monoisotopic (exact) mass is 742 g/mol. The van der Waals surface area contributed by atoms with Crippen LogP contribution in [0, 0.1) is 18.3 Å². The average Bonchev–Trinajstić information content (AvgIpc) is 3.15. The maximum atomic E-state index is 13.0. The third-order valence-electron chi connectivity index (χ3n) is 9.27. The number of hydrogen-bond acceptors (Lipinski definition) is 9. The van der Waals surface area contributed by atoms with Crippen molar-refractivity contribution in [1.29, 1.82) is 5.26 Å². The molecule has 5 rings (SSSR count). The number of carbonyl (C=O) groups is 5. The Morgan fingerprint density at radius 3 is 2.19 bits per heavy atom. The Kier molecular flexibility index (Phi) is 15.7. The number of aromatic hydroxyl groups is 1. The van der Waals surface area contributed by atoms with Crippen LogP contribution in [0.3, 0.4) is 0 Å². The van der Waals surface area contributed by atoms with Gasteiger partial charge in [0.05, 0.1) is 10.6 Å². The lowest BCUT2D eigenvalue weighted by molar-refractivity contribution is -0.139. The third kappa shape index (κ3) is 12.4. The summed E-state index contributed by atoms with van der Waals surface area (Å²) in [7, 11) is 0. The van der Waals surface area contributed by atoms with E-state index in [2.05, 4.69) is 21.3 Å². The molecule has 1 atom stereocenters. The van der Waals surface area contributed by atoms with Crippen molar-refractivity contribution in [2.24, 2.45) is 0 Å². The number of phenols is 1. The predicted octanol–water partition coefficient (Wildman–Crippen LogP) is 6.46. The molecule has 0 bridgehead atoms. The molecule has 1 heterocycles. The van der Waals surface area contributed by atoms with Gasteiger partial charge in [0.1, 0.15) is 17.9 Å². The fourth-order valence-corrected chi connectivity index (χ4v) is 6.50. The minimum atomic E-state index is -0.987. The van der Waals surface area contributed by atoms with Crippen LogP contribution < -0.4 is 21.3 Å². The summed E-state index contributed by atoms with van der Waals surface area (Å²) in [5, 5.41) is 29.7. The van der Waals surface area contributed by atoms with Crippen LogP contribution in [0.15, 0.2) is 60.7 Å². The highest BCUT2D eigenvalue weighted by Gasteiger charge is 2.35. The second-order valence-electron chi connectivity index (χ2n) is 13.2. The molecule has 1 saturated heterocycles. The highest BCUT2D eigenvalue weighted by atomic mass is 35.5. The Hall–Kier alpha value is -5.41. The highest BCUT2D eigenvalue weighted by Crippen LogP contribution is 2.22. The van der Waals surface area contributed by atoms with Gasteiger partial charge in [0, 0.05) is 48.1 Å². The number of rotatable bonds is 14. The smallest absolute Gasteiger partial charge is 0.261 e. The fraction of sp³-hybridized carbons (Fsp3) is 0.400. The predicted molar refractivity (Wildman–Crippen MR) is 204 cm³/mol. The largest absolute Gasteiger partial charge is 0.508 e. The van der Waals surface area contributed by atoms with Gasteiger partial charge in [-0.15, -0.1) is 0 Å². The first kappa shape index (κ1) is 40.4. The molecule has 1 aliphatic carbocycles. The number of anilines is 2. The molecule has 0 aromatic heterocycles. The molecule has 0 radical (unpaired) electrons. The summed E-state index contributed by atoms with van der Waals surface area (Å²) in [5.41, 5.74) is 4.01. The van der Waals surface area contributed by atoms with Crippen LogP contribution in [0.1, 0.15) is 102 Å². The molecule has 5 N–H and O–H groups in total. The van der Waals surface area contributed by atoms with E-state index < -0.39 is 23.8 Å². The second-order valence-corrected chi connectivity index (χ2v) is 13.7. The summed E-state index contributed by atoms with van der Waals surface area (Å²) in [6, 6.07) is 18.4. The number of benzene rings is 3. The number of phenolic OH excluding ortho intramolecular Hbond substituents is 1. The first-order chi connectivity index (χ1) is 25.6. The van der Waals surface area contributed by atoms with Gasteiger partial charge in [-0.25, -0.2) is 0 Å². The van der Waals surface area contributed by atoms with Crippen molar-refractivity contribution in [2.75, 3.05) is 23.7 Å². The molecule has 12 nitrogen and oxygen atoms in total. The van der Waals surface area contributed by atoms with Gasteiger partial charge in [0.15, 0.2) is 0 Å². The van der Waals surface area contributed by atoms with Crippen LogP contribution in [0.2, 0.25) is 5.02 Å². The van der Waals surface area contributed by atoms with Crippen LogP contribution in [0.4, 0.5) is 11.4 Å². The highest BCUT2D eigenvalue weighted by molar-refractivity contribution is 6.31. The van der Waals surface area contributed by atoms with Gasteiger partial charge < -0.3 is 21.1 Å². The Bertz CT molecular complexity index is 1790. The number of nitriles is 1. The maximum absolute atomic E-state index is 13.0. The van der Waals surface area contributed by atoms with Crippen LogP contribution in [-0.4, -0.2) is 65.2 Å². The van der Waals surface area contributed by atoms with E-state index in [0.29, 0.717) is 34.7 Å². The van der Waals surface area contributed by atoms with Crippen molar-refractivity contribution in [3.63, 3.8) is 0 Å². The quantitative estimate of drug-likeness (QED) is 0.0703. The number of imide groups is 2. The molecule has 280 valence electrons. The number of carbonyl (C=O) groups excluding carboxylic acids is 5.